The van der Waals surface area contributed by atoms with Gasteiger partial charge >= 0.3 is 0 Å². The van der Waals surface area contributed by atoms with Crippen molar-refractivity contribution in [1.82, 2.24) is 60.3 Å². The Hall–Kier alpha value is -5.70. The molecule has 0 bridgehead atoms. The number of H-pyrrole nitrogens is 1. The fraction of sp³-hybridized carbons (Fsp3) is 0.629. The molecule has 2 saturated carbocycles. The maximum Gasteiger partial charge on any atom is 0.251 e. The van der Waals surface area contributed by atoms with Crippen LogP contribution in [-0.2, 0) is 19.2 Å². The van der Waals surface area contributed by atoms with Gasteiger partial charge < -0.3 is 46.3 Å². The number of nitrogens with zero attached hydrogens (tertiary/aromatic N) is 9. The maximum absolute atomic E-state index is 14.5. The first-order valence-corrected chi connectivity index (χ1v) is 31.3. The average molecular weight is 1140 g/mol. The molecule has 1 unspecified atom stereocenters. The van der Waals surface area contributed by atoms with Crippen molar-refractivity contribution < 1.29 is 24.0 Å². The summed E-state index contributed by atoms with van der Waals surface area (Å²) in [6, 6.07) is 17.2. The molecule has 2 aliphatic carbocycles. The highest BCUT2D eigenvalue weighted by Crippen LogP contribution is 2.33. The first kappa shape index (κ1) is 58.1. The van der Waals surface area contributed by atoms with Gasteiger partial charge in [0.15, 0.2) is 0 Å². The molecule has 7 aliphatic rings. The Morgan fingerprint density at radius 1 is 0.707 bits per heavy atom. The van der Waals surface area contributed by atoms with Crippen LogP contribution in [0.5, 0.6) is 0 Å². The van der Waals surface area contributed by atoms with Crippen molar-refractivity contribution in [3.8, 4) is 0 Å². The third-order valence-electron chi connectivity index (χ3n) is 19.2. The van der Waals surface area contributed by atoms with E-state index < -0.39 is 11.6 Å². The summed E-state index contributed by atoms with van der Waals surface area (Å²) in [6.45, 7) is 12.9. The minimum atomic E-state index is -1.01. The summed E-state index contributed by atoms with van der Waals surface area (Å²) in [7, 11) is 0. The average Bonchev–Trinajstić information content (AvgIpc) is 4.36. The van der Waals surface area contributed by atoms with E-state index in [2.05, 4.69) is 56.6 Å². The van der Waals surface area contributed by atoms with Crippen LogP contribution in [-0.4, -0.2) is 209 Å². The molecule has 2 aromatic carbocycles. The number of hydrogen-bond acceptors (Lipinski definition) is 13. The Morgan fingerprint density at radius 3 is 2.18 bits per heavy atom. The molecule has 5 saturated heterocycles. The van der Waals surface area contributed by atoms with Gasteiger partial charge in [0.05, 0.1) is 30.1 Å². The number of piperazine rings is 2. The van der Waals surface area contributed by atoms with Crippen LogP contribution in [0.2, 0.25) is 5.02 Å². The standard InChI is InChI=1S/C62H87ClN14O5/c63-50-13-11-45(12-14-50)53(69-61(82)62(64)21-28-75(29-22-62)58-52-17-23-65-57(52)67-43-68-58)20-27-71-30-34-74(35-31-71)55(79)42-72-25-18-44(19-26-72)40-73-32-36-76(37-33-73)60(81)56(46-6-2-1-3-7-46)70-59(80)48-9-4-8-47(38-48)49-10-5-24-77(41-49)54(78)39-66-51-15-16-51/h4,8-9,11-14,17,23,38,43-44,46,49,51,53,56,66H,1-3,5-7,10,15-16,18-22,24-37,39-42,64H2,(H,69,82)(H,70,80)(H,65,67,68)/t49?,53-,56+/m0/s1. The van der Waals surface area contributed by atoms with Crippen LogP contribution < -0.4 is 26.6 Å². The predicted molar refractivity (Wildman–Crippen MR) is 318 cm³/mol. The zero-order valence-corrected chi connectivity index (χ0v) is 48.7. The van der Waals surface area contributed by atoms with E-state index in [0.717, 1.165) is 151 Å². The van der Waals surface area contributed by atoms with E-state index in [-0.39, 0.29) is 47.4 Å². The quantitative estimate of drug-likeness (QED) is 0.0839. The normalized spacial score (nSPS) is 22.7. The number of fused-ring (bicyclic) bond motifs is 1. The van der Waals surface area contributed by atoms with E-state index in [0.29, 0.717) is 101 Å². The van der Waals surface area contributed by atoms with E-state index in [9.17, 15) is 24.0 Å². The summed E-state index contributed by atoms with van der Waals surface area (Å²) in [5.41, 5.74) is 9.31. The summed E-state index contributed by atoms with van der Waals surface area (Å²) in [4.78, 5) is 96.7. The van der Waals surface area contributed by atoms with Gasteiger partial charge in [-0.25, -0.2) is 9.97 Å². The number of benzene rings is 2. The zero-order valence-electron chi connectivity index (χ0n) is 48.0. The number of nitrogens with two attached hydrogens (primary N) is 1. The molecule has 11 rings (SSSR count). The number of anilines is 1. The summed E-state index contributed by atoms with van der Waals surface area (Å²) in [5.74, 6) is 1.74. The van der Waals surface area contributed by atoms with Crippen molar-refractivity contribution in [2.24, 2.45) is 17.6 Å². The molecule has 2 aromatic heterocycles. The lowest BCUT2D eigenvalue weighted by molar-refractivity contribution is -0.137. The SMILES string of the molecule is NC1(C(=O)N[C@@H](CCN2CCN(C(=O)CN3CCC(CN4CCN(C(=O)[C@H](NC(=O)c5cccc(C6CCCN(C(=O)CNC7CC7)C6)c5)C5CCCCC5)CC4)CC3)CC2)c2ccc(Cl)cc2)CCN(c2ncnc3[nH]ccc23)CC1. The van der Waals surface area contributed by atoms with Crippen LogP contribution in [0.1, 0.15) is 123 Å². The largest absolute Gasteiger partial charge is 0.356 e. The number of likely N-dealkylation sites (tertiary alicyclic amines) is 2. The van der Waals surface area contributed by atoms with Gasteiger partial charge in [-0.2, -0.15) is 0 Å². The Morgan fingerprint density at radius 2 is 1.44 bits per heavy atom. The Balaban J connectivity index is 0.595. The Labute approximate surface area is 488 Å². The molecule has 5 aliphatic heterocycles. The molecular formula is C62H87ClN14O5. The second-order valence-corrected chi connectivity index (χ2v) is 25.3. The van der Waals surface area contributed by atoms with Crippen LogP contribution in [0.25, 0.3) is 11.0 Å². The topological polar surface area (TPSA) is 212 Å². The van der Waals surface area contributed by atoms with Crippen molar-refractivity contribution in [1.29, 1.82) is 0 Å². The van der Waals surface area contributed by atoms with Crippen LogP contribution in [0, 0.1) is 11.8 Å². The molecule has 0 spiro atoms. The minimum absolute atomic E-state index is 0.0491. The third-order valence-corrected chi connectivity index (χ3v) is 19.5. The van der Waals surface area contributed by atoms with Crippen LogP contribution >= 0.6 is 11.6 Å². The van der Waals surface area contributed by atoms with Crippen molar-refractivity contribution >= 4 is 58.0 Å². The molecule has 20 heteroatoms. The molecule has 0 radical (unpaired) electrons. The van der Waals surface area contributed by atoms with E-state index in [1.54, 1.807) is 6.33 Å². The molecule has 6 N–H and O–H groups in total. The fourth-order valence-electron chi connectivity index (χ4n) is 13.8. The smallest absolute Gasteiger partial charge is 0.251 e. The van der Waals surface area contributed by atoms with Crippen LogP contribution in [0.3, 0.4) is 0 Å². The number of halogens is 1. The minimum Gasteiger partial charge on any atom is -0.356 e. The Bertz CT molecular complexity index is 2810. The Kier molecular flexibility index (Phi) is 19.1. The summed E-state index contributed by atoms with van der Waals surface area (Å²) in [5, 5.41) is 11.6. The first-order chi connectivity index (χ1) is 39.9. The lowest BCUT2D eigenvalue weighted by Crippen LogP contribution is -2.60. The molecule has 7 fully saturated rings. The first-order valence-electron chi connectivity index (χ1n) is 31.0. The molecule has 82 heavy (non-hydrogen) atoms. The fourth-order valence-corrected chi connectivity index (χ4v) is 13.9. The van der Waals surface area contributed by atoms with Gasteiger partial charge in [-0.15, -0.1) is 0 Å². The van der Waals surface area contributed by atoms with Crippen LogP contribution in [0.4, 0.5) is 5.82 Å². The summed E-state index contributed by atoms with van der Waals surface area (Å²) in [6.07, 6.45) is 16.6. The number of carbonyl (C=O) groups excluding carboxylic acids is 5. The number of amides is 5. The van der Waals surface area contributed by atoms with Gasteiger partial charge in [0.1, 0.15) is 23.8 Å². The molecule has 3 atom stereocenters. The van der Waals surface area contributed by atoms with Gasteiger partial charge in [-0.3, -0.25) is 38.7 Å². The highest BCUT2D eigenvalue weighted by Gasteiger charge is 2.41. The third kappa shape index (κ3) is 14.6. The second-order valence-electron chi connectivity index (χ2n) is 24.8. The predicted octanol–water partition coefficient (Wildman–Crippen LogP) is 4.99. The molecule has 4 aromatic rings. The van der Waals surface area contributed by atoms with Crippen molar-refractivity contribution in [2.45, 2.75) is 119 Å². The van der Waals surface area contributed by atoms with Crippen molar-refractivity contribution in [2.75, 3.05) is 123 Å². The number of rotatable bonds is 19. The molecular weight excluding hydrogens is 1060 g/mol. The molecule has 442 valence electrons. The number of carbonyl (C=O) groups is 5. The van der Waals surface area contributed by atoms with Gasteiger partial charge in [0.25, 0.3) is 5.91 Å². The second kappa shape index (κ2) is 26.9. The molecule has 19 nitrogen and oxygen atoms in total. The van der Waals surface area contributed by atoms with Crippen LogP contribution in [0.15, 0.2) is 67.1 Å². The molecule has 5 amide bonds. The number of aromatic nitrogens is 3. The summed E-state index contributed by atoms with van der Waals surface area (Å²) < 4.78 is 0. The number of nitrogens with one attached hydrogen (secondary N) is 4. The zero-order chi connectivity index (χ0) is 56.6. The van der Waals surface area contributed by atoms with E-state index >= 15 is 0 Å². The monoisotopic (exact) mass is 1140 g/mol. The van der Waals surface area contributed by atoms with Crippen molar-refractivity contribution in [3.05, 3.63) is 88.8 Å². The number of aromatic amines is 1. The van der Waals surface area contributed by atoms with Gasteiger partial charge in [-0.05, 0) is 137 Å². The van der Waals surface area contributed by atoms with Crippen molar-refractivity contribution in [3.63, 3.8) is 0 Å². The maximum atomic E-state index is 14.5. The lowest BCUT2D eigenvalue weighted by Gasteiger charge is -2.41. The highest BCUT2D eigenvalue weighted by atomic mass is 35.5. The van der Waals surface area contributed by atoms with Gasteiger partial charge in [0, 0.05) is 120 Å². The number of piperidine rings is 3. The number of hydrogen-bond donors (Lipinski definition) is 5. The van der Waals surface area contributed by atoms with Gasteiger partial charge in [0.2, 0.25) is 23.6 Å². The van der Waals surface area contributed by atoms with E-state index in [1.807, 2.05) is 69.4 Å². The highest BCUT2D eigenvalue weighted by molar-refractivity contribution is 6.30. The lowest BCUT2D eigenvalue weighted by atomic mass is 9.83. The van der Waals surface area contributed by atoms with E-state index in [4.69, 9.17) is 17.3 Å². The van der Waals surface area contributed by atoms with Gasteiger partial charge in [-0.1, -0.05) is 55.1 Å². The molecule has 7 heterocycles. The van der Waals surface area contributed by atoms with E-state index in [1.165, 1.54) is 6.42 Å². The summed E-state index contributed by atoms with van der Waals surface area (Å²) >= 11 is 6.30.